The van der Waals surface area contributed by atoms with Crippen LogP contribution in [0.25, 0.3) is 0 Å². The Labute approximate surface area is 146 Å². The molecule has 0 atom stereocenters. The van der Waals surface area contributed by atoms with Crippen LogP contribution >= 0.6 is 11.3 Å². The molecule has 1 N–H and O–H groups in total. The van der Waals surface area contributed by atoms with Gasteiger partial charge in [-0.3, -0.25) is 4.79 Å². The number of carbonyl (C=O) groups excluding carboxylic acids is 2. The van der Waals surface area contributed by atoms with E-state index in [4.69, 9.17) is 4.74 Å². The number of esters is 1. The van der Waals surface area contributed by atoms with Gasteiger partial charge < -0.3 is 10.1 Å². The molecule has 4 nitrogen and oxygen atoms in total. The van der Waals surface area contributed by atoms with Gasteiger partial charge in [0.2, 0.25) is 0 Å². The molecule has 0 saturated heterocycles. The molecule has 0 fully saturated rings. The van der Waals surface area contributed by atoms with Crippen LogP contribution < -0.4 is 5.32 Å². The average Bonchev–Trinajstić information content (AvgIpc) is 2.89. The van der Waals surface area contributed by atoms with Crippen molar-refractivity contribution >= 4 is 28.2 Å². The minimum atomic E-state index is -0.415. The first kappa shape index (κ1) is 18.2. The zero-order valence-corrected chi connectivity index (χ0v) is 15.5. The first-order valence-corrected chi connectivity index (χ1v) is 8.82. The van der Waals surface area contributed by atoms with E-state index in [0.717, 1.165) is 10.4 Å². The highest BCUT2D eigenvalue weighted by molar-refractivity contribution is 7.16. The van der Waals surface area contributed by atoms with E-state index in [1.165, 1.54) is 24.0 Å². The Bertz CT molecular complexity index is 745. The first-order valence-electron chi connectivity index (χ1n) is 8.00. The Hall–Kier alpha value is -2.14. The van der Waals surface area contributed by atoms with Crippen LogP contribution in [0.5, 0.6) is 0 Å². The molecule has 2 aromatic rings. The highest BCUT2D eigenvalue weighted by atomic mass is 32.1. The summed E-state index contributed by atoms with van der Waals surface area (Å²) < 4.78 is 4.88. The third-order valence-corrected chi connectivity index (χ3v) is 5.08. The lowest BCUT2D eigenvalue weighted by Crippen LogP contribution is -2.14. The number of carbonyl (C=O) groups is 2. The van der Waals surface area contributed by atoms with E-state index in [0.29, 0.717) is 28.5 Å². The second-order valence-electron chi connectivity index (χ2n) is 5.92. The standard InChI is InChI=1S/C19H23NO3S/c1-6-15-12(4)24-18(16(15)19(22)23-5)20-17(21)14-9-7-13(8-10-14)11(2)3/h7-11H,6H2,1-5H3,(H,20,21). The van der Waals surface area contributed by atoms with Crippen LogP contribution in [0.15, 0.2) is 24.3 Å². The Kier molecular flexibility index (Phi) is 5.78. The number of benzene rings is 1. The summed E-state index contributed by atoms with van der Waals surface area (Å²) in [5.74, 6) is -0.221. The van der Waals surface area contributed by atoms with E-state index in [-0.39, 0.29) is 5.91 Å². The molecule has 0 saturated carbocycles. The molecule has 1 amide bonds. The third-order valence-electron chi connectivity index (χ3n) is 4.02. The van der Waals surface area contributed by atoms with E-state index < -0.39 is 5.97 Å². The van der Waals surface area contributed by atoms with Gasteiger partial charge in [0.25, 0.3) is 5.91 Å². The normalized spacial score (nSPS) is 10.8. The fourth-order valence-corrected chi connectivity index (χ4v) is 3.73. The third kappa shape index (κ3) is 3.67. The van der Waals surface area contributed by atoms with Crippen LogP contribution in [0.1, 0.15) is 63.4 Å². The van der Waals surface area contributed by atoms with Crippen LogP contribution in [-0.2, 0) is 11.2 Å². The second kappa shape index (κ2) is 7.62. The van der Waals surface area contributed by atoms with Gasteiger partial charge in [-0.15, -0.1) is 11.3 Å². The molecule has 0 bridgehead atoms. The minimum absolute atomic E-state index is 0.223. The molecule has 5 heteroatoms. The van der Waals surface area contributed by atoms with Crippen molar-refractivity contribution in [3.63, 3.8) is 0 Å². The van der Waals surface area contributed by atoms with E-state index in [9.17, 15) is 9.59 Å². The lowest BCUT2D eigenvalue weighted by Gasteiger charge is -2.09. The van der Waals surface area contributed by atoms with E-state index in [2.05, 4.69) is 19.2 Å². The zero-order valence-electron chi connectivity index (χ0n) is 14.7. The van der Waals surface area contributed by atoms with Gasteiger partial charge >= 0.3 is 5.97 Å². The number of rotatable bonds is 5. The number of amides is 1. The van der Waals surface area contributed by atoms with Crippen molar-refractivity contribution in [2.45, 2.75) is 40.0 Å². The molecule has 0 aliphatic heterocycles. The number of hydrogen-bond acceptors (Lipinski definition) is 4. The summed E-state index contributed by atoms with van der Waals surface area (Å²) >= 11 is 1.41. The predicted octanol–water partition coefficient (Wildman–Crippen LogP) is 4.78. The molecule has 128 valence electrons. The quantitative estimate of drug-likeness (QED) is 0.793. The molecule has 0 spiro atoms. The molecular weight excluding hydrogens is 322 g/mol. The van der Waals surface area contributed by atoms with Gasteiger partial charge in [0, 0.05) is 10.4 Å². The number of anilines is 1. The Morgan fingerprint density at radius 2 is 1.83 bits per heavy atom. The number of methoxy groups -OCH3 is 1. The van der Waals surface area contributed by atoms with E-state index >= 15 is 0 Å². The predicted molar refractivity (Wildman–Crippen MR) is 98.3 cm³/mol. The van der Waals surface area contributed by atoms with E-state index in [1.807, 2.05) is 38.1 Å². The van der Waals surface area contributed by atoms with Gasteiger partial charge in [0.1, 0.15) is 5.00 Å². The van der Waals surface area contributed by atoms with Crippen LogP contribution in [0, 0.1) is 6.92 Å². The zero-order chi connectivity index (χ0) is 17.9. The number of ether oxygens (including phenoxy) is 1. The summed E-state index contributed by atoms with van der Waals surface area (Å²) in [7, 11) is 1.35. The monoisotopic (exact) mass is 345 g/mol. The van der Waals surface area contributed by atoms with E-state index in [1.54, 1.807) is 0 Å². The minimum Gasteiger partial charge on any atom is -0.465 e. The molecular formula is C19H23NO3S. The molecule has 0 aliphatic carbocycles. The fourth-order valence-electron chi connectivity index (χ4n) is 2.61. The van der Waals surface area contributed by atoms with Crippen molar-refractivity contribution in [1.29, 1.82) is 0 Å². The van der Waals surface area contributed by atoms with Crippen LogP contribution in [0.2, 0.25) is 0 Å². The smallest absolute Gasteiger partial charge is 0.341 e. The molecule has 0 radical (unpaired) electrons. The maximum atomic E-state index is 12.5. The van der Waals surface area contributed by atoms with Crippen LogP contribution in [0.4, 0.5) is 5.00 Å². The molecule has 24 heavy (non-hydrogen) atoms. The van der Waals surface area contributed by atoms with Crippen molar-refractivity contribution in [2.75, 3.05) is 12.4 Å². The van der Waals surface area contributed by atoms with Crippen LogP contribution in [-0.4, -0.2) is 19.0 Å². The highest BCUT2D eigenvalue weighted by Gasteiger charge is 2.23. The van der Waals surface area contributed by atoms with Crippen molar-refractivity contribution in [3.8, 4) is 0 Å². The maximum Gasteiger partial charge on any atom is 0.341 e. The Balaban J connectivity index is 2.30. The molecule has 0 unspecified atom stereocenters. The average molecular weight is 345 g/mol. The highest BCUT2D eigenvalue weighted by Crippen LogP contribution is 2.34. The van der Waals surface area contributed by atoms with Gasteiger partial charge in [-0.25, -0.2) is 4.79 Å². The summed E-state index contributed by atoms with van der Waals surface area (Å²) in [5.41, 5.74) is 3.15. The maximum absolute atomic E-state index is 12.5. The van der Waals surface area contributed by atoms with Crippen molar-refractivity contribution < 1.29 is 14.3 Å². The molecule has 1 aromatic heterocycles. The second-order valence-corrected chi connectivity index (χ2v) is 7.14. The van der Waals surface area contributed by atoms with Crippen molar-refractivity contribution in [3.05, 3.63) is 51.4 Å². The lowest BCUT2D eigenvalue weighted by molar-refractivity contribution is 0.0601. The van der Waals surface area contributed by atoms with Gasteiger partial charge in [-0.2, -0.15) is 0 Å². The van der Waals surface area contributed by atoms with Gasteiger partial charge in [0.15, 0.2) is 0 Å². The SMILES string of the molecule is CCc1c(C)sc(NC(=O)c2ccc(C(C)C)cc2)c1C(=O)OC. The molecule has 0 aliphatic rings. The van der Waals surface area contributed by atoms with Gasteiger partial charge in [-0.1, -0.05) is 32.9 Å². The number of hydrogen-bond donors (Lipinski definition) is 1. The van der Waals surface area contributed by atoms with Crippen LogP contribution in [0.3, 0.4) is 0 Å². The Morgan fingerprint density at radius 1 is 1.21 bits per heavy atom. The first-order chi connectivity index (χ1) is 11.4. The molecule has 1 heterocycles. The Morgan fingerprint density at radius 3 is 2.33 bits per heavy atom. The summed E-state index contributed by atoms with van der Waals surface area (Å²) in [5, 5.41) is 3.42. The summed E-state index contributed by atoms with van der Waals surface area (Å²) in [4.78, 5) is 25.6. The fraction of sp³-hybridized carbons (Fsp3) is 0.368. The molecule has 1 aromatic carbocycles. The summed E-state index contributed by atoms with van der Waals surface area (Å²) in [6.45, 7) is 8.15. The number of thiophene rings is 1. The van der Waals surface area contributed by atoms with Gasteiger partial charge in [0.05, 0.1) is 12.7 Å². The number of aryl methyl sites for hydroxylation is 1. The topological polar surface area (TPSA) is 55.4 Å². The van der Waals surface area contributed by atoms with Crippen molar-refractivity contribution in [1.82, 2.24) is 0 Å². The summed E-state index contributed by atoms with van der Waals surface area (Å²) in [6, 6.07) is 7.53. The number of nitrogens with one attached hydrogen (secondary N) is 1. The van der Waals surface area contributed by atoms with Gasteiger partial charge in [-0.05, 0) is 42.5 Å². The summed E-state index contributed by atoms with van der Waals surface area (Å²) in [6.07, 6.45) is 0.714. The largest absolute Gasteiger partial charge is 0.465 e. The lowest BCUT2D eigenvalue weighted by atomic mass is 10.0. The molecule has 2 rings (SSSR count). The van der Waals surface area contributed by atoms with Crippen molar-refractivity contribution in [2.24, 2.45) is 0 Å².